The number of hydrogen-bond donors (Lipinski definition) is 1. The van der Waals surface area contributed by atoms with Gasteiger partial charge in [-0.2, -0.15) is 18.3 Å². The monoisotopic (exact) mass is 545 g/mol. The van der Waals surface area contributed by atoms with Crippen LogP contribution >= 0.6 is 0 Å². The largest absolute Gasteiger partial charge is 0.449 e. The fourth-order valence-corrected chi connectivity index (χ4v) is 4.52. The van der Waals surface area contributed by atoms with Crippen molar-refractivity contribution < 1.29 is 31.9 Å². The number of ether oxygens (including phenoxy) is 1. The molecule has 204 valence electrons. The topological polar surface area (TPSA) is 107 Å². The first kappa shape index (κ1) is 26.1. The first-order valence-electron chi connectivity index (χ1n) is 12.1. The second-order valence-electron chi connectivity index (χ2n) is 8.96. The van der Waals surface area contributed by atoms with Gasteiger partial charge in [0.05, 0.1) is 30.3 Å². The lowest BCUT2D eigenvalue weighted by Gasteiger charge is -2.32. The average molecular weight is 545 g/mol. The van der Waals surface area contributed by atoms with Crippen LogP contribution in [-0.4, -0.2) is 67.4 Å². The summed E-state index contributed by atoms with van der Waals surface area (Å²) in [5, 5.41) is 7.15. The summed E-state index contributed by atoms with van der Waals surface area (Å²) in [5.41, 5.74) is 2.96. The summed E-state index contributed by atoms with van der Waals surface area (Å²) in [4.78, 5) is 33.3. The van der Waals surface area contributed by atoms with Crippen LogP contribution in [0.4, 0.5) is 28.2 Å². The number of anilines is 1. The third kappa shape index (κ3) is 5.84. The van der Waals surface area contributed by atoms with Crippen LogP contribution in [0.3, 0.4) is 0 Å². The van der Waals surface area contributed by atoms with Crippen molar-refractivity contribution in [2.45, 2.75) is 31.5 Å². The van der Waals surface area contributed by atoms with Crippen LogP contribution in [0.15, 0.2) is 48.9 Å². The van der Waals surface area contributed by atoms with Gasteiger partial charge in [-0.05, 0) is 49.2 Å². The van der Waals surface area contributed by atoms with Crippen molar-refractivity contribution in [3.63, 3.8) is 0 Å². The molecule has 1 fully saturated rings. The van der Waals surface area contributed by atoms with E-state index in [1.165, 1.54) is 21.5 Å². The molecule has 0 atom stereocenters. The molecule has 0 bridgehead atoms. The van der Waals surface area contributed by atoms with E-state index in [4.69, 9.17) is 4.74 Å². The normalized spacial score (nSPS) is 14.5. The Morgan fingerprint density at radius 2 is 1.87 bits per heavy atom. The number of aromatic nitrogens is 5. The summed E-state index contributed by atoms with van der Waals surface area (Å²) < 4.78 is 59.0. The van der Waals surface area contributed by atoms with Gasteiger partial charge in [-0.25, -0.2) is 23.7 Å². The maximum atomic E-state index is 13.6. The number of carbonyl (C=O) groups is 2. The van der Waals surface area contributed by atoms with Crippen molar-refractivity contribution >= 4 is 24.0 Å². The highest BCUT2D eigenvalue weighted by Gasteiger charge is 2.30. The van der Waals surface area contributed by atoms with E-state index >= 15 is 0 Å². The van der Waals surface area contributed by atoms with E-state index in [9.17, 15) is 27.2 Å². The molecule has 4 heterocycles. The molecule has 5 rings (SSSR count). The first-order valence-corrected chi connectivity index (χ1v) is 12.1. The molecule has 2 amide bonds. The minimum absolute atomic E-state index is 0.103. The van der Waals surface area contributed by atoms with Gasteiger partial charge >= 0.3 is 12.3 Å². The average Bonchev–Trinajstić information content (AvgIpc) is 3.52. The molecule has 0 unspecified atom stereocenters. The Balaban J connectivity index is 1.41. The molecule has 1 N–H and O–H groups in total. The molecule has 39 heavy (non-hydrogen) atoms. The summed E-state index contributed by atoms with van der Waals surface area (Å²) >= 11 is 0. The Hall–Kier alpha value is -4.49. The third-order valence-electron chi connectivity index (χ3n) is 6.41. The van der Waals surface area contributed by atoms with Crippen LogP contribution in [0.5, 0.6) is 0 Å². The lowest BCUT2D eigenvalue weighted by atomic mass is 10.0. The quantitative estimate of drug-likeness (QED) is 0.267. The predicted molar refractivity (Wildman–Crippen MR) is 131 cm³/mol. The van der Waals surface area contributed by atoms with E-state index in [0.29, 0.717) is 53.4 Å². The standard InChI is InChI=1S/C25H23F4N7O3/c26-17-3-1-16(2-4-17)22-23(19-5-6-21-32-20(31-15-37)13-36(21)33-19)35(14-30-22)18-7-10-34(11-8-18)24(38)39-12-9-25(27,28)29/h1-6,13-15,18H,7-12H2,(H,31,37). The zero-order valence-electron chi connectivity index (χ0n) is 20.4. The highest BCUT2D eigenvalue weighted by Crippen LogP contribution is 2.35. The Morgan fingerprint density at radius 1 is 1.13 bits per heavy atom. The number of fused-ring (bicyclic) bond motifs is 1. The predicted octanol–water partition coefficient (Wildman–Crippen LogP) is 4.69. The highest BCUT2D eigenvalue weighted by molar-refractivity contribution is 5.77. The van der Waals surface area contributed by atoms with Gasteiger partial charge in [0.15, 0.2) is 11.5 Å². The molecule has 14 heteroatoms. The van der Waals surface area contributed by atoms with Gasteiger partial charge in [-0.3, -0.25) is 4.79 Å². The zero-order valence-corrected chi connectivity index (χ0v) is 20.4. The van der Waals surface area contributed by atoms with Gasteiger partial charge in [0.25, 0.3) is 0 Å². The molecule has 0 spiro atoms. The van der Waals surface area contributed by atoms with E-state index in [0.717, 1.165) is 0 Å². The Bertz CT molecular complexity index is 1480. The third-order valence-corrected chi connectivity index (χ3v) is 6.41. The van der Waals surface area contributed by atoms with Crippen molar-refractivity contribution in [2.75, 3.05) is 25.0 Å². The van der Waals surface area contributed by atoms with Crippen LogP contribution in [0.2, 0.25) is 0 Å². The molecular weight excluding hydrogens is 522 g/mol. The summed E-state index contributed by atoms with van der Waals surface area (Å²) in [6.07, 6.45) is -1.62. The number of piperidine rings is 1. The molecule has 1 saturated heterocycles. The maximum absolute atomic E-state index is 13.6. The van der Waals surface area contributed by atoms with Gasteiger partial charge in [0.2, 0.25) is 6.41 Å². The number of benzene rings is 1. The molecule has 4 aromatic rings. The number of carbonyl (C=O) groups excluding carboxylic acids is 2. The van der Waals surface area contributed by atoms with Crippen molar-refractivity contribution in [3.8, 4) is 22.6 Å². The SMILES string of the molecule is O=CNc1cn2nc(-c3c(-c4ccc(F)cc4)ncn3C3CCN(C(=O)OCCC(F)(F)F)CC3)ccc2n1. The minimum atomic E-state index is -4.40. The fourth-order valence-electron chi connectivity index (χ4n) is 4.52. The Kier molecular flexibility index (Phi) is 7.17. The number of alkyl halides is 3. The van der Waals surface area contributed by atoms with Gasteiger partial charge < -0.3 is 19.5 Å². The molecule has 1 aromatic carbocycles. The van der Waals surface area contributed by atoms with Crippen molar-refractivity contribution in [1.82, 2.24) is 29.0 Å². The highest BCUT2D eigenvalue weighted by atomic mass is 19.4. The van der Waals surface area contributed by atoms with Crippen LogP contribution in [-0.2, 0) is 9.53 Å². The van der Waals surface area contributed by atoms with Crippen LogP contribution in [0, 0.1) is 5.82 Å². The molecule has 10 nitrogen and oxygen atoms in total. The number of likely N-dealkylation sites (tertiary alicyclic amines) is 1. The van der Waals surface area contributed by atoms with Crippen molar-refractivity contribution in [3.05, 3.63) is 54.7 Å². The minimum Gasteiger partial charge on any atom is -0.449 e. The first-order chi connectivity index (χ1) is 18.7. The molecule has 3 aromatic heterocycles. The fraction of sp³-hybridized carbons (Fsp3) is 0.320. The Morgan fingerprint density at radius 3 is 2.56 bits per heavy atom. The molecule has 1 aliphatic rings. The van der Waals surface area contributed by atoms with Crippen molar-refractivity contribution in [1.29, 1.82) is 0 Å². The number of nitrogens with zero attached hydrogens (tertiary/aromatic N) is 6. The number of nitrogens with one attached hydrogen (secondary N) is 1. The summed E-state index contributed by atoms with van der Waals surface area (Å²) in [7, 11) is 0. The van der Waals surface area contributed by atoms with E-state index in [1.807, 2.05) is 4.57 Å². The summed E-state index contributed by atoms with van der Waals surface area (Å²) in [6, 6.07) is 9.31. The number of amides is 2. The second kappa shape index (κ2) is 10.7. The lowest BCUT2D eigenvalue weighted by molar-refractivity contribution is -0.141. The van der Waals surface area contributed by atoms with Gasteiger partial charge in [0.1, 0.15) is 18.1 Å². The van der Waals surface area contributed by atoms with E-state index in [2.05, 4.69) is 20.4 Å². The van der Waals surface area contributed by atoms with Gasteiger partial charge in [0, 0.05) is 24.7 Å². The number of hydrogen-bond acceptors (Lipinski definition) is 6. The maximum Gasteiger partial charge on any atom is 0.409 e. The molecule has 0 radical (unpaired) electrons. The number of halogens is 4. The lowest BCUT2D eigenvalue weighted by Crippen LogP contribution is -2.39. The molecule has 0 saturated carbocycles. The van der Waals surface area contributed by atoms with E-state index in [-0.39, 0.29) is 24.9 Å². The van der Waals surface area contributed by atoms with Crippen LogP contribution in [0.1, 0.15) is 25.3 Å². The number of rotatable bonds is 7. The smallest absolute Gasteiger partial charge is 0.409 e. The van der Waals surface area contributed by atoms with Crippen LogP contribution in [0.25, 0.3) is 28.3 Å². The van der Waals surface area contributed by atoms with Gasteiger partial charge in [-0.15, -0.1) is 0 Å². The number of imidazole rings is 2. The molecule has 1 aliphatic heterocycles. The zero-order chi connectivity index (χ0) is 27.6. The molecule has 0 aliphatic carbocycles. The van der Waals surface area contributed by atoms with Crippen molar-refractivity contribution in [2.24, 2.45) is 0 Å². The molecular formula is C25H23F4N7O3. The summed E-state index contributed by atoms with van der Waals surface area (Å²) in [6.45, 7) is -0.150. The van der Waals surface area contributed by atoms with E-state index in [1.54, 1.807) is 36.8 Å². The second-order valence-corrected chi connectivity index (χ2v) is 8.96. The summed E-state index contributed by atoms with van der Waals surface area (Å²) in [5.74, 6) is -0.0567. The van der Waals surface area contributed by atoms with Gasteiger partial charge in [-0.1, -0.05) is 0 Å². The Labute approximate surface area is 219 Å². The van der Waals surface area contributed by atoms with E-state index < -0.39 is 25.3 Å². The van der Waals surface area contributed by atoms with Crippen LogP contribution < -0.4 is 5.32 Å².